The van der Waals surface area contributed by atoms with E-state index in [1.807, 2.05) is 13.8 Å². The first-order valence-electron chi connectivity index (χ1n) is 7.60. The van der Waals surface area contributed by atoms with Crippen molar-refractivity contribution in [2.45, 2.75) is 70.2 Å². The summed E-state index contributed by atoms with van der Waals surface area (Å²) in [4.78, 5) is 12.0. The molecule has 2 saturated heterocycles. The maximum absolute atomic E-state index is 12.0. The molecule has 2 aliphatic heterocycles. The summed E-state index contributed by atoms with van der Waals surface area (Å²) in [5.74, 6) is -0.276. The molecule has 4 nitrogen and oxygen atoms in total. The maximum Gasteiger partial charge on any atom is 0.333 e. The first-order chi connectivity index (χ1) is 9.43. The zero-order valence-corrected chi connectivity index (χ0v) is 12.8. The highest BCUT2D eigenvalue weighted by Crippen LogP contribution is 2.54. The molecular formula is C16H26O4. The van der Waals surface area contributed by atoms with E-state index in [1.54, 1.807) is 6.92 Å². The van der Waals surface area contributed by atoms with E-state index in [-0.39, 0.29) is 24.6 Å². The first-order valence-corrected chi connectivity index (χ1v) is 7.60. The van der Waals surface area contributed by atoms with E-state index in [0.29, 0.717) is 5.57 Å². The van der Waals surface area contributed by atoms with Crippen molar-refractivity contribution in [3.63, 3.8) is 0 Å². The summed E-state index contributed by atoms with van der Waals surface area (Å²) in [6, 6.07) is 0. The number of carbonyl (C=O) groups excluding carboxylic acids is 1. The first kappa shape index (κ1) is 15.5. The molecule has 2 aliphatic rings. The molecule has 0 aliphatic carbocycles. The van der Waals surface area contributed by atoms with E-state index < -0.39 is 11.2 Å². The van der Waals surface area contributed by atoms with Crippen molar-refractivity contribution in [2.24, 2.45) is 5.92 Å². The van der Waals surface area contributed by atoms with Crippen LogP contribution in [0, 0.1) is 5.92 Å². The van der Waals surface area contributed by atoms with E-state index in [2.05, 4.69) is 6.58 Å². The van der Waals surface area contributed by atoms with E-state index >= 15 is 0 Å². The van der Waals surface area contributed by atoms with Crippen molar-refractivity contribution in [1.29, 1.82) is 0 Å². The number of aliphatic hydroxyl groups is 1. The van der Waals surface area contributed by atoms with Crippen molar-refractivity contribution in [3.8, 4) is 0 Å². The molecule has 114 valence electrons. The fourth-order valence-electron chi connectivity index (χ4n) is 3.91. The minimum atomic E-state index is -0.562. The largest absolute Gasteiger partial charge is 0.455 e. The van der Waals surface area contributed by atoms with Gasteiger partial charge in [0.2, 0.25) is 0 Å². The molecule has 3 atom stereocenters. The van der Waals surface area contributed by atoms with Gasteiger partial charge in [-0.2, -0.15) is 0 Å². The smallest absolute Gasteiger partial charge is 0.333 e. The molecule has 20 heavy (non-hydrogen) atoms. The third kappa shape index (κ3) is 2.29. The maximum atomic E-state index is 12.0. The van der Waals surface area contributed by atoms with Gasteiger partial charge in [-0.1, -0.05) is 20.4 Å². The van der Waals surface area contributed by atoms with Gasteiger partial charge in [-0.05, 0) is 39.0 Å². The zero-order chi connectivity index (χ0) is 15.0. The van der Waals surface area contributed by atoms with Gasteiger partial charge in [0.05, 0.1) is 18.3 Å². The monoisotopic (exact) mass is 282 g/mol. The molecule has 2 rings (SSSR count). The standard InChI is InChI=1S/C16H26O4/c1-5-15(6-2,20-14(18)11(3)4)13-9-12-7-8-16(13,10-17)19-12/h12-13,17H,3,5-10H2,1-2,4H3. The van der Waals surface area contributed by atoms with Crippen LogP contribution < -0.4 is 0 Å². The summed E-state index contributed by atoms with van der Waals surface area (Å²) in [7, 11) is 0. The van der Waals surface area contributed by atoms with Gasteiger partial charge in [0.25, 0.3) is 0 Å². The molecule has 0 aromatic heterocycles. The molecule has 2 fully saturated rings. The van der Waals surface area contributed by atoms with Crippen molar-refractivity contribution in [2.75, 3.05) is 6.61 Å². The van der Waals surface area contributed by atoms with Gasteiger partial charge in [-0.15, -0.1) is 0 Å². The summed E-state index contributed by atoms with van der Waals surface area (Å²) in [5, 5.41) is 9.83. The summed E-state index contributed by atoms with van der Waals surface area (Å²) >= 11 is 0. The van der Waals surface area contributed by atoms with Crippen LogP contribution in [0.25, 0.3) is 0 Å². The minimum Gasteiger partial charge on any atom is -0.455 e. The number of fused-ring (bicyclic) bond motifs is 2. The van der Waals surface area contributed by atoms with Crippen LogP contribution in [-0.4, -0.2) is 35.0 Å². The number of hydrogen-bond acceptors (Lipinski definition) is 4. The number of rotatable bonds is 6. The summed E-state index contributed by atoms with van der Waals surface area (Å²) in [5.41, 5.74) is -0.668. The highest BCUT2D eigenvalue weighted by Gasteiger charge is 2.61. The Labute approximate surface area is 121 Å². The average Bonchev–Trinajstić information content (AvgIpc) is 3.03. The molecule has 3 unspecified atom stereocenters. The number of hydrogen-bond donors (Lipinski definition) is 1. The molecule has 0 saturated carbocycles. The number of aliphatic hydroxyl groups excluding tert-OH is 1. The predicted molar refractivity (Wildman–Crippen MR) is 76.2 cm³/mol. The lowest BCUT2D eigenvalue weighted by Crippen LogP contribution is -2.53. The minimum absolute atomic E-state index is 0.000534. The van der Waals surface area contributed by atoms with E-state index in [0.717, 1.165) is 32.1 Å². The fourth-order valence-corrected chi connectivity index (χ4v) is 3.91. The van der Waals surface area contributed by atoms with E-state index in [4.69, 9.17) is 9.47 Å². The highest BCUT2D eigenvalue weighted by molar-refractivity contribution is 5.87. The molecule has 0 spiro atoms. The van der Waals surface area contributed by atoms with E-state index in [1.165, 1.54) is 0 Å². The Morgan fingerprint density at radius 1 is 1.50 bits per heavy atom. The Morgan fingerprint density at radius 2 is 2.15 bits per heavy atom. The van der Waals surface area contributed by atoms with Gasteiger partial charge in [-0.25, -0.2) is 4.79 Å². The van der Waals surface area contributed by atoms with Crippen molar-refractivity contribution in [3.05, 3.63) is 12.2 Å². The van der Waals surface area contributed by atoms with Gasteiger partial charge in [-0.3, -0.25) is 0 Å². The van der Waals surface area contributed by atoms with Gasteiger partial charge < -0.3 is 14.6 Å². The Morgan fingerprint density at radius 3 is 2.60 bits per heavy atom. The van der Waals surface area contributed by atoms with Gasteiger partial charge in [0, 0.05) is 11.5 Å². The second kappa shape index (κ2) is 5.49. The molecule has 2 heterocycles. The zero-order valence-electron chi connectivity index (χ0n) is 12.8. The van der Waals surface area contributed by atoms with Crippen molar-refractivity contribution < 1.29 is 19.4 Å². The molecule has 0 radical (unpaired) electrons. The molecule has 0 amide bonds. The van der Waals surface area contributed by atoms with Crippen LogP contribution in [0.15, 0.2) is 12.2 Å². The molecule has 0 aromatic carbocycles. The normalized spacial score (nSPS) is 32.4. The highest BCUT2D eigenvalue weighted by atomic mass is 16.6. The van der Waals surface area contributed by atoms with Crippen molar-refractivity contribution >= 4 is 5.97 Å². The Balaban J connectivity index is 2.28. The quantitative estimate of drug-likeness (QED) is 0.601. The average molecular weight is 282 g/mol. The van der Waals surface area contributed by atoms with Crippen LogP contribution in [-0.2, 0) is 14.3 Å². The van der Waals surface area contributed by atoms with E-state index in [9.17, 15) is 9.90 Å². The van der Waals surface area contributed by atoms with Crippen LogP contribution in [0.4, 0.5) is 0 Å². The summed E-state index contributed by atoms with van der Waals surface area (Å²) in [6.07, 6.45) is 4.37. The number of esters is 1. The summed E-state index contributed by atoms with van der Waals surface area (Å²) < 4.78 is 11.8. The molecule has 2 bridgehead atoms. The van der Waals surface area contributed by atoms with Crippen molar-refractivity contribution in [1.82, 2.24) is 0 Å². The van der Waals surface area contributed by atoms with Gasteiger partial charge in [0.15, 0.2) is 0 Å². The Kier molecular flexibility index (Phi) is 4.26. The lowest BCUT2D eigenvalue weighted by atomic mass is 9.67. The Bertz CT molecular complexity index is 399. The van der Waals surface area contributed by atoms with Crippen LogP contribution in [0.1, 0.15) is 52.9 Å². The summed E-state index contributed by atoms with van der Waals surface area (Å²) in [6.45, 7) is 9.40. The van der Waals surface area contributed by atoms with Crippen LogP contribution in [0.3, 0.4) is 0 Å². The molecular weight excluding hydrogens is 256 g/mol. The number of ether oxygens (including phenoxy) is 2. The third-order valence-electron chi connectivity index (χ3n) is 5.17. The lowest BCUT2D eigenvalue weighted by Gasteiger charge is -2.44. The number of carbonyl (C=O) groups is 1. The van der Waals surface area contributed by atoms with Crippen LogP contribution >= 0.6 is 0 Å². The van der Waals surface area contributed by atoms with Gasteiger partial charge in [0.1, 0.15) is 5.60 Å². The lowest BCUT2D eigenvalue weighted by molar-refractivity contribution is -0.175. The predicted octanol–water partition coefficient (Wildman–Crippen LogP) is 2.59. The van der Waals surface area contributed by atoms with Crippen LogP contribution in [0.2, 0.25) is 0 Å². The SMILES string of the molecule is C=C(C)C(=O)OC(CC)(CC)C1CC2CCC1(CO)O2. The Hall–Kier alpha value is -0.870. The third-order valence-corrected chi connectivity index (χ3v) is 5.17. The second-order valence-electron chi connectivity index (χ2n) is 6.23. The van der Waals surface area contributed by atoms with Crippen LogP contribution in [0.5, 0.6) is 0 Å². The molecule has 1 N–H and O–H groups in total. The topological polar surface area (TPSA) is 55.8 Å². The molecule has 0 aromatic rings. The molecule has 4 heteroatoms. The second-order valence-corrected chi connectivity index (χ2v) is 6.23. The fraction of sp³-hybridized carbons (Fsp3) is 0.812. The van der Waals surface area contributed by atoms with Gasteiger partial charge >= 0.3 is 5.97 Å².